The van der Waals surface area contributed by atoms with Gasteiger partial charge in [0.25, 0.3) is 0 Å². The molecule has 7 rings (SSSR count). The second kappa shape index (κ2) is 6.77. The van der Waals surface area contributed by atoms with Crippen LogP contribution in [0.2, 0.25) is 0 Å². The molecule has 3 aliphatic carbocycles. The van der Waals surface area contributed by atoms with Crippen LogP contribution in [0.4, 0.5) is 0 Å². The van der Waals surface area contributed by atoms with Gasteiger partial charge in [0, 0.05) is 44.6 Å². The topological polar surface area (TPSA) is 59.9 Å². The van der Waals surface area contributed by atoms with Crippen molar-refractivity contribution in [2.75, 3.05) is 0 Å². The van der Waals surface area contributed by atoms with E-state index in [1.807, 2.05) is 60.7 Å². The molecule has 2 aromatic heterocycles. The summed E-state index contributed by atoms with van der Waals surface area (Å²) in [6, 6.07) is 20.0. The monoisotopic (exact) mass is 454 g/mol. The van der Waals surface area contributed by atoms with Crippen LogP contribution in [0.5, 0.6) is 0 Å². The second-order valence-corrected chi connectivity index (χ2v) is 10.9. The number of fused-ring (bicyclic) bond motifs is 6. The summed E-state index contributed by atoms with van der Waals surface area (Å²) in [5.74, 6) is 0.429. The van der Waals surface area contributed by atoms with Gasteiger partial charge in [-0.1, -0.05) is 60.7 Å². The molecule has 4 unspecified atom stereocenters. The van der Waals surface area contributed by atoms with Gasteiger partial charge < -0.3 is 0 Å². The van der Waals surface area contributed by atoms with E-state index in [-0.39, 0.29) is 35.2 Å². The van der Waals surface area contributed by atoms with E-state index in [0.717, 1.165) is 43.7 Å². The summed E-state index contributed by atoms with van der Waals surface area (Å²) in [6.45, 7) is 0. The van der Waals surface area contributed by atoms with E-state index in [0.29, 0.717) is 11.4 Å². The predicted octanol–water partition coefficient (Wildman–Crippen LogP) is 6.22. The maximum absolute atomic E-state index is 13.3. The first-order chi connectivity index (χ1) is 15.7. The molecule has 1 fully saturated rings. The van der Waals surface area contributed by atoms with Gasteiger partial charge in [0.1, 0.15) is 21.4 Å². The van der Waals surface area contributed by atoms with Gasteiger partial charge in [0.05, 0.1) is 0 Å². The van der Waals surface area contributed by atoms with Crippen LogP contribution in [-0.4, -0.2) is 21.5 Å². The Kier molecular flexibility index (Phi) is 3.93. The van der Waals surface area contributed by atoms with E-state index in [2.05, 4.69) is 0 Å². The van der Waals surface area contributed by atoms with Gasteiger partial charge >= 0.3 is 0 Å². The number of hydrogen-bond donors (Lipinski definition) is 0. The highest BCUT2D eigenvalue weighted by Gasteiger charge is 2.55. The number of thiazole rings is 2. The molecule has 32 heavy (non-hydrogen) atoms. The normalized spacial score (nSPS) is 25.4. The van der Waals surface area contributed by atoms with Crippen LogP contribution < -0.4 is 0 Å². The number of nitrogens with zero attached hydrogens (tertiary/aromatic N) is 2. The highest BCUT2D eigenvalue weighted by molar-refractivity contribution is 7.16. The fourth-order valence-corrected chi connectivity index (χ4v) is 8.15. The molecule has 4 atom stereocenters. The average molecular weight is 455 g/mol. The van der Waals surface area contributed by atoms with Crippen LogP contribution in [0.25, 0.3) is 21.1 Å². The van der Waals surface area contributed by atoms with E-state index in [1.54, 1.807) is 22.7 Å². The number of carbonyl (C=O) groups excluding carboxylic acids is 2. The Morgan fingerprint density at radius 3 is 1.41 bits per heavy atom. The fraction of sp³-hybridized carbons (Fsp3) is 0.231. The lowest BCUT2D eigenvalue weighted by Crippen LogP contribution is -2.29. The molecule has 0 N–H and O–H groups in total. The van der Waals surface area contributed by atoms with E-state index in [1.165, 1.54) is 0 Å². The van der Waals surface area contributed by atoms with Crippen LogP contribution in [0.3, 0.4) is 0 Å². The molecule has 0 aliphatic heterocycles. The van der Waals surface area contributed by atoms with Crippen LogP contribution >= 0.6 is 22.7 Å². The van der Waals surface area contributed by atoms with E-state index in [4.69, 9.17) is 9.97 Å². The zero-order chi connectivity index (χ0) is 21.4. The predicted molar refractivity (Wildman–Crippen MR) is 125 cm³/mol. The first-order valence-corrected chi connectivity index (χ1v) is 12.5. The average Bonchev–Trinajstić information content (AvgIpc) is 3.58. The molecule has 3 aliphatic rings. The standard InChI is InChI=1S/C26H18N2O2S2/c29-21-15-12-18-16(22(30)20-24(18)32-26(28-20)14-9-5-2-6-10-14)11-17(15)23-19(21)27-25(31-23)13-7-3-1-4-8-13/h1-10,15-18H,11-12H2. The summed E-state index contributed by atoms with van der Waals surface area (Å²) in [6.07, 6.45) is 1.46. The van der Waals surface area contributed by atoms with Crippen molar-refractivity contribution in [2.45, 2.75) is 24.7 Å². The van der Waals surface area contributed by atoms with Crippen LogP contribution in [0.1, 0.15) is 55.4 Å². The molecule has 6 heteroatoms. The van der Waals surface area contributed by atoms with Crippen LogP contribution in [0.15, 0.2) is 60.7 Å². The van der Waals surface area contributed by atoms with Gasteiger partial charge in [-0.2, -0.15) is 0 Å². The first-order valence-electron chi connectivity index (χ1n) is 10.9. The quantitative estimate of drug-likeness (QED) is 0.361. The maximum atomic E-state index is 13.3. The van der Waals surface area contributed by atoms with Crippen LogP contribution in [-0.2, 0) is 0 Å². The first kappa shape index (κ1) is 18.6. The maximum Gasteiger partial charge on any atom is 0.186 e. The minimum Gasteiger partial charge on any atom is -0.292 e. The number of hydrogen-bond acceptors (Lipinski definition) is 6. The summed E-state index contributed by atoms with van der Waals surface area (Å²) in [5, 5.41) is 1.80. The van der Waals surface area contributed by atoms with Crippen molar-refractivity contribution in [1.82, 2.24) is 9.97 Å². The molecular formula is C26H18N2O2S2. The van der Waals surface area contributed by atoms with Crippen molar-refractivity contribution in [3.63, 3.8) is 0 Å². The van der Waals surface area contributed by atoms with Crippen molar-refractivity contribution in [3.8, 4) is 21.1 Å². The molecule has 0 spiro atoms. The summed E-state index contributed by atoms with van der Waals surface area (Å²) in [5.41, 5.74) is 3.37. The van der Waals surface area contributed by atoms with E-state index in [9.17, 15) is 9.59 Å². The van der Waals surface area contributed by atoms with Gasteiger partial charge in [0.15, 0.2) is 11.6 Å². The fourth-order valence-electron chi connectivity index (χ4n) is 5.64. The molecular weight excluding hydrogens is 436 g/mol. The van der Waals surface area contributed by atoms with Crippen molar-refractivity contribution >= 4 is 34.2 Å². The highest BCUT2D eigenvalue weighted by Crippen LogP contribution is 2.59. The van der Waals surface area contributed by atoms with Gasteiger partial charge in [-0.3, -0.25) is 9.59 Å². The lowest BCUT2D eigenvalue weighted by molar-refractivity contribution is 0.0786. The molecule has 0 amide bonds. The summed E-state index contributed by atoms with van der Waals surface area (Å²) in [7, 11) is 0. The smallest absolute Gasteiger partial charge is 0.186 e. The molecule has 1 saturated carbocycles. The Labute approximate surface area is 193 Å². The Morgan fingerprint density at radius 2 is 1.00 bits per heavy atom. The number of ketones is 2. The molecule has 0 radical (unpaired) electrons. The van der Waals surface area contributed by atoms with Gasteiger partial charge in [-0.25, -0.2) is 9.97 Å². The Hall–Kier alpha value is -2.96. The van der Waals surface area contributed by atoms with Gasteiger partial charge in [-0.15, -0.1) is 22.7 Å². The van der Waals surface area contributed by atoms with E-state index >= 15 is 0 Å². The van der Waals surface area contributed by atoms with Crippen molar-refractivity contribution in [2.24, 2.45) is 11.8 Å². The second-order valence-electron chi connectivity index (χ2n) is 8.82. The molecule has 2 heterocycles. The molecule has 156 valence electrons. The number of aromatic nitrogens is 2. The van der Waals surface area contributed by atoms with Crippen LogP contribution in [0, 0.1) is 11.8 Å². The Bertz CT molecular complexity index is 1280. The zero-order valence-electron chi connectivity index (χ0n) is 17.0. The highest BCUT2D eigenvalue weighted by atomic mass is 32.1. The van der Waals surface area contributed by atoms with Crippen molar-refractivity contribution in [3.05, 3.63) is 81.8 Å². The molecule has 2 aromatic carbocycles. The van der Waals surface area contributed by atoms with Crippen molar-refractivity contribution in [1.29, 1.82) is 0 Å². The lowest BCUT2D eigenvalue weighted by atomic mass is 9.70. The Morgan fingerprint density at radius 1 is 0.594 bits per heavy atom. The van der Waals surface area contributed by atoms with Gasteiger partial charge in [0.2, 0.25) is 0 Å². The third kappa shape index (κ3) is 2.54. The molecule has 4 aromatic rings. The number of rotatable bonds is 2. The number of Topliss-reactive ketones (excluding diaryl/α,β-unsaturated/α-hetero) is 2. The molecule has 4 nitrogen and oxygen atoms in total. The van der Waals surface area contributed by atoms with Crippen molar-refractivity contribution < 1.29 is 9.59 Å². The largest absolute Gasteiger partial charge is 0.292 e. The third-order valence-electron chi connectivity index (χ3n) is 7.15. The molecule has 0 bridgehead atoms. The summed E-state index contributed by atoms with van der Waals surface area (Å²) in [4.78, 5) is 38.3. The summed E-state index contributed by atoms with van der Waals surface area (Å²) < 4.78 is 0. The number of benzene rings is 2. The third-order valence-corrected chi connectivity index (χ3v) is 9.62. The van der Waals surface area contributed by atoms with Gasteiger partial charge in [-0.05, 0) is 12.8 Å². The minimum absolute atomic E-state index is 0.0594. The summed E-state index contributed by atoms with van der Waals surface area (Å²) >= 11 is 3.26. The number of carbonyl (C=O) groups is 2. The molecule has 0 saturated heterocycles. The minimum atomic E-state index is -0.0594. The Balaban J connectivity index is 1.23. The van der Waals surface area contributed by atoms with E-state index < -0.39 is 0 Å². The SMILES string of the molecule is O=C1c2nc(-c3ccccc3)sc2C2CC3C(=O)c4nc(-c5ccccc5)sc4C3CC12. The lowest BCUT2D eigenvalue weighted by Gasteiger charge is -2.33. The zero-order valence-corrected chi connectivity index (χ0v) is 18.7.